The number of ether oxygens (including phenoxy) is 1. The van der Waals surface area contributed by atoms with Crippen LogP contribution in [0, 0.1) is 6.92 Å². The highest BCUT2D eigenvalue weighted by Gasteiger charge is 2.12. The van der Waals surface area contributed by atoms with Crippen molar-refractivity contribution >= 4 is 11.7 Å². The Morgan fingerprint density at radius 3 is 2.75 bits per heavy atom. The number of esters is 1. The number of carbonyl (C=O) groups excluding carboxylic acids is 1. The molecule has 0 aliphatic heterocycles. The van der Waals surface area contributed by atoms with E-state index in [0.29, 0.717) is 11.3 Å². The Labute approximate surface area is 118 Å². The second kappa shape index (κ2) is 5.77. The number of hydrogen-bond donors (Lipinski definition) is 1. The molecule has 0 fully saturated rings. The summed E-state index contributed by atoms with van der Waals surface area (Å²) >= 11 is 0. The highest BCUT2D eigenvalue weighted by atomic mass is 16.5. The van der Waals surface area contributed by atoms with Crippen LogP contribution in [0.3, 0.4) is 0 Å². The predicted molar refractivity (Wildman–Crippen MR) is 77.3 cm³/mol. The van der Waals surface area contributed by atoms with Crippen LogP contribution in [-0.4, -0.2) is 15.7 Å². The summed E-state index contributed by atoms with van der Waals surface area (Å²) in [5, 5.41) is 4.32. The summed E-state index contributed by atoms with van der Waals surface area (Å²) in [4.78, 5) is 12.0. The van der Waals surface area contributed by atoms with Crippen LogP contribution in [0.15, 0.2) is 24.3 Å². The van der Waals surface area contributed by atoms with E-state index in [1.807, 2.05) is 27.0 Å². The summed E-state index contributed by atoms with van der Waals surface area (Å²) in [5.41, 5.74) is 9.52. The smallest absolute Gasteiger partial charge is 0.338 e. The number of hydrogen-bond acceptors (Lipinski definition) is 4. The fraction of sp³-hybridized carbons (Fsp3) is 0.333. The average Bonchev–Trinajstić information content (AvgIpc) is 2.76. The molecule has 0 saturated heterocycles. The van der Waals surface area contributed by atoms with E-state index >= 15 is 0 Å². The van der Waals surface area contributed by atoms with E-state index in [1.165, 1.54) is 0 Å². The Morgan fingerprint density at radius 1 is 1.40 bits per heavy atom. The monoisotopic (exact) mass is 273 g/mol. The summed E-state index contributed by atoms with van der Waals surface area (Å²) < 4.78 is 7.07. The van der Waals surface area contributed by atoms with Gasteiger partial charge in [0.15, 0.2) is 0 Å². The van der Waals surface area contributed by atoms with Crippen molar-refractivity contribution in [2.24, 2.45) is 7.05 Å². The Bertz CT molecular complexity index is 632. The number of carbonyl (C=O) groups is 1. The Kier molecular flexibility index (Phi) is 4.08. The molecule has 2 N–H and O–H groups in total. The van der Waals surface area contributed by atoms with Crippen LogP contribution in [0.5, 0.6) is 0 Å². The van der Waals surface area contributed by atoms with Gasteiger partial charge < -0.3 is 10.5 Å². The van der Waals surface area contributed by atoms with Crippen molar-refractivity contribution in [1.82, 2.24) is 9.78 Å². The molecule has 1 heterocycles. The molecule has 0 aliphatic carbocycles. The molecule has 0 atom stereocenters. The highest BCUT2D eigenvalue weighted by Crippen LogP contribution is 2.14. The van der Waals surface area contributed by atoms with Gasteiger partial charge in [-0.2, -0.15) is 5.10 Å². The first-order valence-electron chi connectivity index (χ1n) is 6.56. The van der Waals surface area contributed by atoms with E-state index in [0.717, 1.165) is 23.4 Å². The van der Waals surface area contributed by atoms with Gasteiger partial charge in [-0.3, -0.25) is 4.68 Å². The fourth-order valence-corrected chi connectivity index (χ4v) is 2.01. The van der Waals surface area contributed by atoms with E-state index in [4.69, 9.17) is 10.5 Å². The van der Waals surface area contributed by atoms with E-state index in [-0.39, 0.29) is 12.6 Å². The first-order valence-corrected chi connectivity index (χ1v) is 6.56. The standard InChI is InChI=1S/C15H19N3O2/c1-4-12-8-13(18(3)17-12)9-20-15(19)14-6-5-11(16)7-10(14)2/h5-8H,4,9,16H2,1-3H3. The third kappa shape index (κ3) is 2.99. The summed E-state index contributed by atoms with van der Waals surface area (Å²) in [6.45, 7) is 4.09. The van der Waals surface area contributed by atoms with Crippen molar-refractivity contribution in [2.75, 3.05) is 5.73 Å². The van der Waals surface area contributed by atoms with Crippen molar-refractivity contribution in [2.45, 2.75) is 26.9 Å². The van der Waals surface area contributed by atoms with E-state index in [9.17, 15) is 4.79 Å². The van der Waals surface area contributed by atoms with Crippen molar-refractivity contribution in [3.05, 3.63) is 46.8 Å². The molecule has 0 amide bonds. The molecule has 5 nitrogen and oxygen atoms in total. The van der Waals surface area contributed by atoms with Crippen LogP contribution in [-0.2, 0) is 24.8 Å². The quantitative estimate of drug-likeness (QED) is 0.685. The molecule has 5 heteroatoms. The lowest BCUT2D eigenvalue weighted by atomic mass is 10.1. The molecule has 1 aromatic carbocycles. The summed E-state index contributed by atoms with van der Waals surface area (Å²) in [6.07, 6.45) is 0.860. The number of benzene rings is 1. The lowest BCUT2D eigenvalue weighted by Gasteiger charge is -2.07. The summed E-state index contributed by atoms with van der Waals surface area (Å²) in [7, 11) is 1.84. The van der Waals surface area contributed by atoms with Crippen molar-refractivity contribution in [3.63, 3.8) is 0 Å². The second-order valence-corrected chi connectivity index (χ2v) is 4.75. The van der Waals surface area contributed by atoms with Gasteiger partial charge in [0.1, 0.15) is 6.61 Å². The molecule has 2 rings (SSSR count). The molecular formula is C15H19N3O2. The number of anilines is 1. The summed E-state index contributed by atoms with van der Waals surface area (Å²) in [5.74, 6) is -0.346. The number of nitrogens with two attached hydrogens (primary N) is 1. The number of nitrogens with zero attached hydrogens (tertiary/aromatic N) is 2. The molecule has 0 spiro atoms. The number of nitrogen functional groups attached to an aromatic ring is 1. The summed E-state index contributed by atoms with van der Waals surface area (Å²) in [6, 6.07) is 7.09. The van der Waals surface area contributed by atoms with E-state index in [1.54, 1.807) is 22.9 Å². The third-order valence-electron chi connectivity index (χ3n) is 3.21. The molecular weight excluding hydrogens is 254 g/mol. The Balaban J connectivity index is 2.06. The van der Waals surface area contributed by atoms with Crippen LogP contribution in [0.1, 0.15) is 34.2 Å². The predicted octanol–water partition coefficient (Wildman–Crippen LogP) is 2.23. The fourth-order valence-electron chi connectivity index (χ4n) is 2.01. The zero-order chi connectivity index (χ0) is 14.7. The molecule has 0 saturated carbocycles. The minimum Gasteiger partial charge on any atom is -0.456 e. The van der Waals surface area contributed by atoms with Crippen molar-refractivity contribution < 1.29 is 9.53 Å². The maximum absolute atomic E-state index is 12.0. The van der Waals surface area contributed by atoms with Gasteiger partial charge in [-0.1, -0.05) is 6.92 Å². The molecule has 20 heavy (non-hydrogen) atoms. The van der Waals surface area contributed by atoms with Gasteiger partial charge >= 0.3 is 5.97 Å². The van der Waals surface area contributed by atoms with E-state index < -0.39 is 0 Å². The third-order valence-corrected chi connectivity index (χ3v) is 3.21. The van der Waals surface area contributed by atoms with Gasteiger partial charge in [-0.05, 0) is 43.2 Å². The maximum atomic E-state index is 12.0. The molecule has 1 aromatic heterocycles. The first-order chi connectivity index (χ1) is 9.51. The van der Waals surface area contributed by atoms with Gasteiger partial charge in [0.25, 0.3) is 0 Å². The van der Waals surface area contributed by atoms with Crippen LogP contribution >= 0.6 is 0 Å². The lowest BCUT2D eigenvalue weighted by molar-refractivity contribution is 0.0462. The number of aryl methyl sites for hydroxylation is 3. The van der Waals surface area contributed by atoms with Crippen LogP contribution in [0.2, 0.25) is 0 Å². The normalized spacial score (nSPS) is 10.6. The van der Waals surface area contributed by atoms with Gasteiger partial charge in [0.05, 0.1) is 17.0 Å². The minimum absolute atomic E-state index is 0.214. The maximum Gasteiger partial charge on any atom is 0.338 e. The Morgan fingerprint density at radius 2 is 2.15 bits per heavy atom. The van der Waals surface area contributed by atoms with Crippen LogP contribution in [0.4, 0.5) is 5.69 Å². The first kappa shape index (κ1) is 14.1. The topological polar surface area (TPSA) is 70.1 Å². The largest absolute Gasteiger partial charge is 0.456 e. The van der Waals surface area contributed by atoms with Gasteiger partial charge in [0, 0.05) is 12.7 Å². The SMILES string of the molecule is CCc1cc(COC(=O)c2ccc(N)cc2C)n(C)n1. The van der Waals surface area contributed by atoms with Crippen LogP contribution in [0.25, 0.3) is 0 Å². The molecule has 0 bridgehead atoms. The second-order valence-electron chi connectivity index (χ2n) is 4.75. The lowest BCUT2D eigenvalue weighted by Crippen LogP contribution is -2.09. The van der Waals surface area contributed by atoms with E-state index in [2.05, 4.69) is 5.10 Å². The van der Waals surface area contributed by atoms with Gasteiger partial charge in [-0.25, -0.2) is 4.79 Å². The number of aromatic nitrogens is 2. The molecule has 0 unspecified atom stereocenters. The molecule has 0 radical (unpaired) electrons. The molecule has 0 aliphatic rings. The van der Waals surface area contributed by atoms with Gasteiger partial charge in [0.2, 0.25) is 0 Å². The minimum atomic E-state index is -0.346. The van der Waals surface area contributed by atoms with Crippen molar-refractivity contribution in [1.29, 1.82) is 0 Å². The van der Waals surface area contributed by atoms with Gasteiger partial charge in [-0.15, -0.1) is 0 Å². The zero-order valence-corrected chi connectivity index (χ0v) is 12.0. The number of rotatable bonds is 4. The zero-order valence-electron chi connectivity index (χ0n) is 12.0. The van der Waals surface area contributed by atoms with Crippen LogP contribution < -0.4 is 5.73 Å². The Hall–Kier alpha value is -2.30. The molecule has 2 aromatic rings. The highest BCUT2D eigenvalue weighted by molar-refractivity contribution is 5.91. The average molecular weight is 273 g/mol. The molecule has 106 valence electrons. The van der Waals surface area contributed by atoms with Crippen molar-refractivity contribution in [3.8, 4) is 0 Å².